The number of anilines is 3. The molecule has 2 aromatic heterocycles. The number of nitrogens with one attached hydrogen (secondary N) is 2. The predicted molar refractivity (Wildman–Crippen MR) is 98.3 cm³/mol. The van der Waals surface area contributed by atoms with Crippen molar-refractivity contribution in [3.63, 3.8) is 0 Å². The molecule has 24 heavy (non-hydrogen) atoms. The van der Waals surface area contributed by atoms with E-state index >= 15 is 0 Å². The number of carbonyl (C=O) groups is 1. The number of phenolic OH excluding ortho intramolecular Hbond substituents is 1. The van der Waals surface area contributed by atoms with Crippen LogP contribution in [0.1, 0.15) is 19.0 Å². The summed E-state index contributed by atoms with van der Waals surface area (Å²) in [6.45, 7) is 3.71. The second-order valence-corrected chi connectivity index (χ2v) is 6.90. The van der Waals surface area contributed by atoms with E-state index in [1.54, 1.807) is 31.2 Å². The van der Waals surface area contributed by atoms with Crippen molar-refractivity contribution in [2.45, 2.75) is 20.3 Å². The van der Waals surface area contributed by atoms with Crippen LogP contribution in [0.5, 0.6) is 5.75 Å². The molecule has 1 aromatic carbocycles. The van der Waals surface area contributed by atoms with E-state index in [2.05, 4.69) is 20.6 Å². The maximum atomic E-state index is 11.5. The summed E-state index contributed by atoms with van der Waals surface area (Å²) in [6.07, 6.45) is 0.422. The number of benzene rings is 1. The number of rotatable bonds is 5. The fraction of sp³-hybridized carbons (Fsp3) is 0.188. The second kappa shape index (κ2) is 6.98. The van der Waals surface area contributed by atoms with E-state index in [1.165, 1.54) is 22.7 Å². The lowest BCUT2D eigenvalue weighted by Crippen LogP contribution is -2.08. The molecule has 0 radical (unpaired) electrons. The van der Waals surface area contributed by atoms with Gasteiger partial charge in [0.2, 0.25) is 5.91 Å². The predicted octanol–water partition coefficient (Wildman–Crippen LogP) is 4.37. The molecule has 0 aliphatic carbocycles. The standard InChI is InChI=1S/C16H16N4O2S2/c1-3-13(22)20-16-17-9(2)14(24-16)12-8-23-15(19-12)18-10-4-6-11(21)7-5-10/h4-8,21H,3H2,1-2H3,(H,18,19)(H,17,20,22). The van der Waals surface area contributed by atoms with Crippen molar-refractivity contribution >= 4 is 44.5 Å². The Hall–Kier alpha value is -2.45. The highest BCUT2D eigenvalue weighted by Crippen LogP contribution is 2.35. The number of thiazole rings is 2. The molecule has 6 nitrogen and oxygen atoms in total. The summed E-state index contributed by atoms with van der Waals surface area (Å²) < 4.78 is 0. The number of hydrogen-bond acceptors (Lipinski definition) is 7. The van der Waals surface area contributed by atoms with Crippen LogP contribution in [-0.2, 0) is 4.79 Å². The summed E-state index contributed by atoms with van der Waals surface area (Å²) in [5.41, 5.74) is 2.52. The fourth-order valence-corrected chi connectivity index (χ4v) is 3.74. The highest BCUT2D eigenvalue weighted by atomic mass is 32.1. The Morgan fingerprint density at radius 1 is 1.21 bits per heavy atom. The number of phenols is 1. The first-order valence-corrected chi connectivity index (χ1v) is 9.04. The average Bonchev–Trinajstić information content (AvgIpc) is 3.16. The summed E-state index contributed by atoms with van der Waals surface area (Å²) in [7, 11) is 0. The molecule has 1 amide bonds. The normalized spacial score (nSPS) is 10.6. The third-order valence-corrected chi connectivity index (χ3v) is 5.07. The van der Waals surface area contributed by atoms with Gasteiger partial charge >= 0.3 is 0 Å². The number of amides is 1. The van der Waals surface area contributed by atoms with E-state index in [0.29, 0.717) is 11.6 Å². The van der Waals surface area contributed by atoms with E-state index in [1.807, 2.05) is 12.3 Å². The Morgan fingerprint density at radius 3 is 2.67 bits per heavy atom. The van der Waals surface area contributed by atoms with Gasteiger partial charge in [-0.1, -0.05) is 18.3 Å². The third kappa shape index (κ3) is 3.72. The van der Waals surface area contributed by atoms with Crippen LogP contribution in [0.25, 0.3) is 10.6 Å². The number of aromatic nitrogens is 2. The number of carbonyl (C=O) groups excluding carboxylic acids is 1. The lowest BCUT2D eigenvalue weighted by molar-refractivity contribution is -0.115. The first-order chi connectivity index (χ1) is 11.5. The van der Waals surface area contributed by atoms with Gasteiger partial charge in [-0.05, 0) is 31.2 Å². The van der Waals surface area contributed by atoms with Crippen LogP contribution in [0.3, 0.4) is 0 Å². The van der Waals surface area contributed by atoms with Crippen molar-refractivity contribution in [3.05, 3.63) is 35.3 Å². The van der Waals surface area contributed by atoms with Crippen molar-refractivity contribution in [3.8, 4) is 16.3 Å². The zero-order valence-corrected chi connectivity index (χ0v) is 14.8. The van der Waals surface area contributed by atoms with Crippen LogP contribution in [0, 0.1) is 6.92 Å². The molecule has 0 fully saturated rings. The first-order valence-electron chi connectivity index (χ1n) is 7.34. The third-order valence-electron chi connectivity index (χ3n) is 3.22. The minimum atomic E-state index is -0.0525. The molecule has 3 aromatic rings. The quantitative estimate of drug-likeness (QED) is 0.588. The maximum Gasteiger partial charge on any atom is 0.225 e. The summed E-state index contributed by atoms with van der Waals surface area (Å²) in [6, 6.07) is 6.80. The molecular weight excluding hydrogens is 344 g/mol. The van der Waals surface area contributed by atoms with Crippen LogP contribution in [0.2, 0.25) is 0 Å². The van der Waals surface area contributed by atoms with Crippen molar-refractivity contribution in [2.24, 2.45) is 0 Å². The zero-order chi connectivity index (χ0) is 17.1. The van der Waals surface area contributed by atoms with Crippen molar-refractivity contribution in [1.82, 2.24) is 9.97 Å². The van der Waals surface area contributed by atoms with E-state index in [-0.39, 0.29) is 11.7 Å². The van der Waals surface area contributed by atoms with Crippen molar-refractivity contribution in [2.75, 3.05) is 10.6 Å². The number of aromatic hydroxyl groups is 1. The van der Waals surface area contributed by atoms with Crippen LogP contribution in [-0.4, -0.2) is 21.0 Å². The highest BCUT2D eigenvalue weighted by molar-refractivity contribution is 7.20. The van der Waals surface area contributed by atoms with E-state index in [9.17, 15) is 9.90 Å². The van der Waals surface area contributed by atoms with Gasteiger partial charge < -0.3 is 15.7 Å². The Kier molecular flexibility index (Phi) is 4.77. The van der Waals surface area contributed by atoms with Crippen molar-refractivity contribution in [1.29, 1.82) is 0 Å². The summed E-state index contributed by atoms with van der Waals surface area (Å²) in [4.78, 5) is 21.4. The SMILES string of the molecule is CCC(=O)Nc1nc(C)c(-c2csc(Nc3ccc(O)cc3)n2)s1. The molecule has 0 aliphatic heterocycles. The molecule has 0 atom stereocenters. The summed E-state index contributed by atoms with van der Waals surface area (Å²) >= 11 is 2.90. The number of nitrogens with zero attached hydrogens (tertiary/aromatic N) is 2. The smallest absolute Gasteiger partial charge is 0.225 e. The number of aryl methyl sites for hydroxylation is 1. The minimum Gasteiger partial charge on any atom is -0.508 e. The number of hydrogen-bond donors (Lipinski definition) is 3. The van der Waals surface area contributed by atoms with Gasteiger partial charge in [-0.15, -0.1) is 11.3 Å². The molecule has 0 aliphatic rings. The van der Waals surface area contributed by atoms with Crippen LogP contribution >= 0.6 is 22.7 Å². The topological polar surface area (TPSA) is 87.1 Å². The molecular formula is C16H16N4O2S2. The van der Waals surface area contributed by atoms with Gasteiger partial charge in [0.25, 0.3) is 0 Å². The van der Waals surface area contributed by atoms with E-state index in [4.69, 9.17) is 0 Å². The molecule has 3 rings (SSSR count). The van der Waals surface area contributed by atoms with E-state index < -0.39 is 0 Å². The maximum absolute atomic E-state index is 11.5. The zero-order valence-electron chi connectivity index (χ0n) is 13.2. The van der Waals surface area contributed by atoms with Gasteiger partial charge in [0.1, 0.15) is 5.75 Å². The van der Waals surface area contributed by atoms with Gasteiger partial charge in [-0.2, -0.15) is 0 Å². The first kappa shape index (κ1) is 16.4. The largest absolute Gasteiger partial charge is 0.508 e. The van der Waals surface area contributed by atoms with Crippen LogP contribution in [0.15, 0.2) is 29.6 Å². The second-order valence-electron chi connectivity index (χ2n) is 5.05. The Balaban J connectivity index is 1.77. The average molecular weight is 360 g/mol. The van der Waals surface area contributed by atoms with Gasteiger partial charge in [-0.3, -0.25) is 4.79 Å². The Morgan fingerprint density at radius 2 is 1.96 bits per heavy atom. The molecule has 0 saturated heterocycles. The highest BCUT2D eigenvalue weighted by Gasteiger charge is 2.14. The van der Waals surface area contributed by atoms with Gasteiger partial charge in [-0.25, -0.2) is 9.97 Å². The molecule has 3 N–H and O–H groups in total. The molecule has 124 valence electrons. The van der Waals surface area contributed by atoms with Gasteiger partial charge in [0.15, 0.2) is 10.3 Å². The lowest BCUT2D eigenvalue weighted by atomic mass is 10.3. The molecule has 0 unspecified atom stereocenters. The van der Waals surface area contributed by atoms with E-state index in [0.717, 1.165) is 27.1 Å². The molecule has 0 bridgehead atoms. The molecule has 0 spiro atoms. The van der Waals surface area contributed by atoms with Crippen LogP contribution in [0.4, 0.5) is 16.0 Å². The fourth-order valence-electron chi connectivity index (χ4n) is 2.00. The minimum absolute atomic E-state index is 0.0525. The van der Waals surface area contributed by atoms with Gasteiger partial charge in [0, 0.05) is 17.5 Å². The summed E-state index contributed by atoms with van der Waals surface area (Å²) in [5, 5.41) is 18.6. The Labute approximate surface area is 147 Å². The van der Waals surface area contributed by atoms with Crippen LogP contribution < -0.4 is 10.6 Å². The molecule has 0 saturated carbocycles. The lowest BCUT2D eigenvalue weighted by Gasteiger charge is -2.01. The molecule has 2 heterocycles. The Bertz CT molecular complexity index is 855. The molecule has 8 heteroatoms. The van der Waals surface area contributed by atoms with Crippen molar-refractivity contribution < 1.29 is 9.90 Å². The monoisotopic (exact) mass is 360 g/mol. The van der Waals surface area contributed by atoms with Gasteiger partial charge in [0.05, 0.1) is 16.3 Å². The summed E-state index contributed by atoms with van der Waals surface area (Å²) in [5.74, 6) is 0.172.